The first-order valence-electron chi connectivity index (χ1n) is 6.06. The maximum Gasteiger partial charge on any atom is 0.310 e. The van der Waals surface area contributed by atoms with Crippen LogP contribution in [0.2, 0.25) is 0 Å². The third-order valence-corrected chi connectivity index (χ3v) is 3.82. The van der Waals surface area contributed by atoms with Crippen molar-refractivity contribution in [2.75, 3.05) is 0 Å². The van der Waals surface area contributed by atoms with Gasteiger partial charge in [0, 0.05) is 4.47 Å². The van der Waals surface area contributed by atoms with Crippen molar-refractivity contribution in [2.24, 2.45) is 5.92 Å². The minimum atomic E-state index is -0.723. The smallest absolute Gasteiger partial charge is 0.310 e. The van der Waals surface area contributed by atoms with Gasteiger partial charge in [0.05, 0.1) is 5.92 Å². The number of benzene rings is 1. The first-order valence-corrected chi connectivity index (χ1v) is 6.86. The molecule has 0 heterocycles. The van der Waals surface area contributed by atoms with Gasteiger partial charge in [-0.2, -0.15) is 0 Å². The first-order chi connectivity index (χ1) is 8.08. The topological polar surface area (TPSA) is 37.3 Å². The van der Waals surface area contributed by atoms with Gasteiger partial charge in [-0.25, -0.2) is 0 Å². The highest BCUT2D eigenvalue weighted by molar-refractivity contribution is 9.10. The summed E-state index contributed by atoms with van der Waals surface area (Å²) in [6.45, 7) is 4.24. The van der Waals surface area contributed by atoms with Gasteiger partial charge in [-0.1, -0.05) is 54.8 Å². The predicted molar refractivity (Wildman–Crippen MR) is 73.2 cm³/mol. The standard InChI is InChI=1S/C14H19BrO2/c1-3-10(4-2)9-13(14(16)17)11-5-7-12(15)8-6-11/h5-8,10,13H,3-4,9H2,1-2H3,(H,16,17). The molecule has 1 unspecified atom stereocenters. The number of hydrogen-bond acceptors (Lipinski definition) is 1. The van der Waals surface area contributed by atoms with E-state index in [9.17, 15) is 9.90 Å². The molecule has 1 aromatic carbocycles. The number of rotatable bonds is 6. The minimum absolute atomic E-state index is 0.381. The fourth-order valence-corrected chi connectivity index (χ4v) is 2.29. The zero-order valence-electron chi connectivity index (χ0n) is 10.3. The summed E-state index contributed by atoms with van der Waals surface area (Å²) in [6.07, 6.45) is 2.80. The van der Waals surface area contributed by atoms with E-state index in [0.29, 0.717) is 5.92 Å². The molecule has 0 saturated heterocycles. The van der Waals surface area contributed by atoms with Gasteiger partial charge in [-0.3, -0.25) is 4.79 Å². The van der Waals surface area contributed by atoms with Crippen molar-refractivity contribution in [3.05, 3.63) is 34.3 Å². The van der Waals surface area contributed by atoms with Crippen molar-refractivity contribution < 1.29 is 9.90 Å². The fourth-order valence-electron chi connectivity index (χ4n) is 2.03. The molecule has 1 atom stereocenters. The molecule has 1 N–H and O–H groups in total. The summed E-state index contributed by atoms with van der Waals surface area (Å²) in [5.41, 5.74) is 0.896. The van der Waals surface area contributed by atoms with E-state index in [4.69, 9.17) is 0 Å². The molecule has 3 heteroatoms. The van der Waals surface area contributed by atoms with Crippen LogP contribution in [-0.2, 0) is 4.79 Å². The Morgan fingerprint density at radius 1 is 1.24 bits per heavy atom. The molecule has 0 saturated carbocycles. The number of carboxylic acid groups (broad SMARTS) is 1. The van der Waals surface area contributed by atoms with Crippen LogP contribution in [0, 0.1) is 5.92 Å². The average Bonchev–Trinajstić information content (AvgIpc) is 2.32. The van der Waals surface area contributed by atoms with Crippen LogP contribution in [0.15, 0.2) is 28.7 Å². The molecular weight excluding hydrogens is 280 g/mol. The van der Waals surface area contributed by atoms with E-state index in [0.717, 1.165) is 29.3 Å². The molecule has 0 fully saturated rings. The quantitative estimate of drug-likeness (QED) is 0.843. The normalized spacial score (nSPS) is 12.7. The Labute approximate surface area is 111 Å². The Morgan fingerprint density at radius 3 is 2.18 bits per heavy atom. The highest BCUT2D eigenvalue weighted by Crippen LogP contribution is 2.28. The summed E-state index contributed by atoms with van der Waals surface area (Å²) >= 11 is 3.36. The zero-order valence-corrected chi connectivity index (χ0v) is 11.9. The number of halogens is 1. The number of hydrogen-bond donors (Lipinski definition) is 1. The molecule has 0 radical (unpaired) electrons. The Kier molecular flexibility index (Phi) is 5.69. The lowest BCUT2D eigenvalue weighted by Gasteiger charge is -2.18. The van der Waals surface area contributed by atoms with Crippen molar-refractivity contribution >= 4 is 21.9 Å². The Hall–Kier alpha value is -0.830. The van der Waals surface area contributed by atoms with Crippen LogP contribution in [0.3, 0.4) is 0 Å². The van der Waals surface area contributed by atoms with E-state index in [1.54, 1.807) is 0 Å². The van der Waals surface area contributed by atoms with Gasteiger partial charge < -0.3 is 5.11 Å². The van der Waals surface area contributed by atoms with E-state index >= 15 is 0 Å². The average molecular weight is 299 g/mol. The lowest BCUT2D eigenvalue weighted by atomic mass is 9.86. The van der Waals surface area contributed by atoms with Gasteiger partial charge in [0.1, 0.15) is 0 Å². The summed E-state index contributed by atoms with van der Waals surface area (Å²) in [6, 6.07) is 7.59. The summed E-state index contributed by atoms with van der Waals surface area (Å²) in [4.78, 5) is 11.3. The van der Waals surface area contributed by atoms with Crippen LogP contribution < -0.4 is 0 Å². The highest BCUT2D eigenvalue weighted by Gasteiger charge is 2.22. The van der Waals surface area contributed by atoms with E-state index in [1.165, 1.54) is 0 Å². The Bertz CT molecular complexity index is 355. The molecule has 0 spiro atoms. The van der Waals surface area contributed by atoms with E-state index < -0.39 is 5.97 Å². The highest BCUT2D eigenvalue weighted by atomic mass is 79.9. The molecule has 0 aliphatic rings. The van der Waals surface area contributed by atoms with Gasteiger partial charge in [-0.05, 0) is 30.0 Å². The lowest BCUT2D eigenvalue weighted by molar-refractivity contribution is -0.139. The molecule has 0 aliphatic carbocycles. The van der Waals surface area contributed by atoms with Crippen molar-refractivity contribution in [3.63, 3.8) is 0 Å². The van der Waals surface area contributed by atoms with E-state index in [1.807, 2.05) is 24.3 Å². The van der Waals surface area contributed by atoms with Gasteiger partial charge in [0.2, 0.25) is 0 Å². The number of carbonyl (C=O) groups is 1. The lowest BCUT2D eigenvalue weighted by Crippen LogP contribution is -2.15. The maximum atomic E-state index is 11.3. The molecule has 94 valence electrons. The van der Waals surface area contributed by atoms with E-state index in [-0.39, 0.29) is 5.92 Å². The van der Waals surface area contributed by atoms with Crippen molar-refractivity contribution in [1.29, 1.82) is 0 Å². The van der Waals surface area contributed by atoms with Crippen LogP contribution in [-0.4, -0.2) is 11.1 Å². The second kappa shape index (κ2) is 6.80. The second-order valence-corrected chi connectivity index (χ2v) is 5.28. The van der Waals surface area contributed by atoms with Crippen LogP contribution in [0.1, 0.15) is 44.6 Å². The largest absolute Gasteiger partial charge is 0.481 e. The van der Waals surface area contributed by atoms with Crippen molar-refractivity contribution in [2.45, 2.75) is 39.0 Å². The summed E-state index contributed by atoms with van der Waals surface area (Å²) < 4.78 is 0.980. The molecule has 17 heavy (non-hydrogen) atoms. The van der Waals surface area contributed by atoms with Crippen molar-refractivity contribution in [1.82, 2.24) is 0 Å². The third-order valence-electron chi connectivity index (χ3n) is 3.29. The zero-order chi connectivity index (χ0) is 12.8. The number of carboxylic acids is 1. The second-order valence-electron chi connectivity index (χ2n) is 4.36. The van der Waals surface area contributed by atoms with Gasteiger partial charge in [-0.15, -0.1) is 0 Å². The first kappa shape index (κ1) is 14.2. The Balaban J connectivity index is 2.85. The number of aliphatic carboxylic acids is 1. The van der Waals surface area contributed by atoms with Gasteiger partial charge >= 0.3 is 5.97 Å². The SMILES string of the molecule is CCC(CC)CC(C(=O)O)c1ccc(Br)cc1. The van der Waals surface area contributed by atoms with Crippen LogP contribution in [0.4, 0.5) is 0 Å². The fraction of sp³-hybridized carbons (Fsp3) is 0.500. The molecule has 1 rings (SSSR count). The van der Waals surface area contributed by atoms with Crippen molar-refractivity contribution in [3.8, 4) is 0 Å². The molecule has 2 nitrogen and oxygen atoms in total. The predicted octanol–water partition coefficient (Wildman–Crippen LogP) is 4.44. The third kappa shape index (κ3) is 4.15. The monoisotopic (exact) mass is 298 g/mol. The molecule has 0 bridgehead atoms. The minimum Gasteiger partial charge on any atom is -0.481 e. The molecular formula is C14H19BrO2. The van der Waals surface area contributed by atoms with Crippen LogP contribution in [0.5, 0.6) is 0 Å². The van der Waals surface area contributed by atoms with E-state index in [2.05, 4.69) is 29.8 Å². The molecule has 0 aliphatic heterocycles. The Morgan fingerprint density at radius 2 is 1.76 bits per heavy atom. The van der Waals surface area contributed by atoms with Crippen LogP contribution in [0.25, 0.3) is 0 Å². The molecule has 0 amide bonds. The maximum absolute atomic E-state index is 11.3. The van der Waals surface area contributed by atoms with Gasteiger partial charge in [0.25, 0.3) is 0 Å². The summed E-state index contributed by atoms with van der Waals surface area (Å²) in [5, 5.41) is 9.32. The molecule has 0 aromatic heterocycles. The van der Waals surface area contributed by atoms with Gasteiger partial charge in [0.15, 0.2) is 0 Å². The molecule has 1 aromatic rings. The van der Waals surface area contributed by atoms with Crippen LogP contribution >= 0.6 is 15.9 Å². The summed E-state index contributed by atoms with van der Waals surface area (Å²) in [7, 11) is 0. The summed E-state index contributed by atoms with van der Waals surface area (Å²) in [5.74, 6) is -0.619.